The second-order valence-corrected chi connectivity index (χ2v) is 6.58. The Morgan fingerprint density at radius 2 is 1.86 bits per heavy atom. The first kappa shape index (κ1) is 19.9. The molecule has 0 aliphatic rings. The smallest absolute Gasteiger partial charge is 0.375 e. The van der Waals surface area contributed by atoms with Crippen LogP contribution in [0.25, 0.3) is 11.0 Å². The van der Waals surface area contributed by atoms with Gasteiger partial charge in [0.1, 0.15) is 5.58 Å². The number of amides is 1. The number of carbonyl (C=O) groups excluding carboxylic acids is 2. The van der Waals surface area contributed by atoms with Gasteiger partial charge < -0.3 is 19.2 Å². The minimum atomic E-state index is -0.698. The van der Waals surface area contributed by atoms with Gasteiger partial charge in [0.25, 0.3) is 5.91 Å². The molecule has 0 aliphatic carbocycles. The van der Waals surface area contributed by atoms with Crippen LogP contribution in [0.3, 0.4) is 0 Å². The number of halogens is 1. The van der Waals surface area contributed by atoms with Gasteiger partial charge in [0.15, 0.2) is 6.61 Å². The van der Waals surface area contributed by atoms with Gasteiger partial charge in [-0.1, -0.05) is 41.9 Å². The van der Waals surface area contributed by atoms with E-state index in [0.717, 1.165) is 10.9 Å². The standard InChI is InChI=1S/C21H20ClNO5/c1-26-12-17-16-4-2-3-5-18(16)28-20(17)21(25)27-13-19(24)23-11-10-14-6-8-15(22)9-7-14/h2-9H,10-13H2,1H3,(H,23,24). The molecule has 0 bridgehead atoms. The number of rotatable bonds is 8. The molecule has 3 rings (SSSR count). The highest BCUT2D eigenvalue weighted by Crippen LogP contribution is 2.27. The fourth-order valence-electron chi connectivity index (χ4n) is 2.80. The predicted molar refractivity (Wildman–Crippen MR) is 105 cm³/mol. The SMILES string of the molecule is COCc1c(C(=O)OCC(=O)NCCc2ccc(Cl)cc2)oc2ccccc12. The lowest BCUT2D eigenvalue weighted by Gasteiger charge is -2.07. The van der Waals surface area contributed by atoms with Gasteiger partial charge in [-0.25, -0.2) is 4.79 Å². The minimum absolute atomic E-state index is 0.0528. The molecular weight excluding hydrogens is 382 g/mol. The number of hydrogen-bond acceptors (Lipinski definition) is 5. The first-order chi connectivity index (χ1) is 13.6. The van der Waals surface area contributed by atoms with E-state index in [4.69, 9.17) is 25.5 Å². The van der Waals surface area contributed by atoms with Crippen LogP contribution in [0.15, 0.2) is 52.9 Å². The maximum absolute atomic E-state index is 12.4. The van der Waals surface area contributed by atoms with Crippen LogP contribution in [0.4, 0.5) is 0 Å². The molecule has 0 aliphatic heterocycles. The van der Waals surface area contributed by atoms with Crippen molar-refractivity contribution in [2.45, 2.75) is 13.0 Å². The third-order valence-corrected chi connectivity index (χ3v) is 4.41. The fourth-order valence-corrected chi connectivity index (χ4v) is 2.92. The Hall–Kier alpha value is -2.83. The summed E-state index contributed by atoms with van der Waals surface area (Å²) in [5.41, 5.74) is 2.22. The molecule has 0 radical (unpaired) electrons. The normalized spacial score (nSPS) is 10.8. The number of furan rings is 1. The van der Waals surface area contributed by atoms with E-state index in [-0.39, 0.29) is 24.9 Å². The van der Waals surface area contributed by atoms with Gasteiger partial charge in [-0.05, 0) is 30.2 Å². The Labute approximate surface area is 167 Å². The Kier molecular flexibility index (Phi) is 6.68. The summed E-state index contributed by atoms with van der Waals surface area (Å²) in [6.45, 7) is 0.245. The summed E-state index contributed by atoms with van der Waals surface area (Å²) >= 11 is 5.84. The van der Waals surface area contributed by atoms with Gasteiger partial charge in [0.2, 0.25) is 5.76 Å². The summed E-state index contributed by atoms with van der Waals surface area (Å²) in [5.74, 6) is -1.03. The van der Waals surface area contributed by atoms with Crippen molar-refractivity contribution < 1.29 is 23.5 Å². The predicted octanol–water partition coefficient (Wildman–Crippen LogP) is 3.75. The molecule has 0 saturated carbocycles. The number of fused-ring (bicyclic) bond motifs is 1. The largest absolute Gasteiger partial charge is 0.450 e. The number of para-hydroxylation sites is 1. The highest BCUT2D eigenvalue weighted by atomic mass is 35.5. The highest BCUT2D eigenvalue weighted by molar-refractivity contribution is 6.30. The van der Waals surface area contributed by atoms with E-state index >= 15 is 0 Å². The molecule has 0 saturated heterocycles. The molecule has 1 amide bonds. The topological polar surface area (TPSA) is 77.8 Å². The molecule has 0 atom stereocenters. The molecule has 3 aromatic rings. The second kappa shape index (κ2) is 9.39. The number of carbonyl (C=O) groups is 2. The summed E-state index contributed by atoms with van der Waals surface area (Å²) in [7, 11) is 1.53. The zero-order valence-electron chi connectivity index (χ0n) is 15.4. The van der Waals surface area contributed by atoms with Crippen molar-refractivity contribution >= 4 is 34.4 Å². The van der Waals surface area contributed by atoms with Gasteiger partial charge in [-0.15, -0.1) is 0 Å². The van der Waals surface area contributed by atoms with Crippen molar-refractivity contribution in [3.05, 3.63) is 70.4 Å². The minimum Gasteiger partial charge on any atom is -0.450 e. The molecule has 1 heterocycles. The van der Waals surface area contributed by atoms with Gasteiger partial charge in [-0.3, -0.25) is 4.79 Å². The molecule has 0 unspecified atom stereocenters. The number of methoxy groups -OCH3 is 1. The van der Waals surface area contributed by atoms with Crippen LogP contribution in [0, 0.1) is 0 Å². The number of esters is 1. The molecule has 1 aromatic heterocycles. The molecule has 28 heavy (non-hydrogen) atoms. The van der Waals surface area contributed by atoms with E-state index in [1.54, 1.807) is 18.2 Å². The number of nitrogens with one attached hydrogen (secondary N) is 1. The summed E-state index contributed by atoms with van der Waals surface area (Å²) in [4.78, 5) is 24.3. The average molecular weight is 402 g/mol. The van der Waals surface area contributed by atoms with Gasteiger partial charge in [-0.2, -0.15) is 0 Å². The van der Waals surface area contributed by atoms with Gasteiger partial charge >= 0.3 is 5.97 Å². The Bertz CT molecular complexity index is 965. The van der Waals surface area contributed by atoms with Crippen LogP contribution in [-0.4, -0.2) is 32.1 Å². The summed E-state index contributed by atoms with van der Waals surface area (Å²) < 4.78 is 15.9. The molecule has 1 N–H and O–H groups in total. The van der Waals surface area contributed by atoms with Crippen molar-refractivity contribution in [1.29, 1.82) is 0 Å². The first-order valence-corrected chi connectivity index (χ1v) is 9.14. The third kappa shape index (κ3) is 4.91. The first-order valence-electron chi connectivity index (χ1n) is 8.76. The van der Waals surface area contributed by atoms with Crippen LogP contribution >= 0.6 is 11.6 Å². The lowest BCUT2D eigenvalue weighted by Crippen LogP contribution is -2.30. The summed E-state index contributed by atoms with van der Waals surface area (Å²) in [5, 5.41) is 4.16. The van der Waals surface area contributed by atoms with Crippen molar-refractivity contribution in [2.24, 2.45) is 0 Å². The van der Waals surface area contributed by atoms with Gasteiger partial charge in [0, 0.05) is 29.6 Å². The van der Waals surface area contributed by atoms with Gasteiger partial charge in [0.05, 0.1) is 6.61 Å². The quantitative estimate of drug-likeness (QED) is 0.581. The van der Waals surface area contributed by atoms with E-state index in [9.17, 15) is 9.59 Å². The molecular formula is C21H20ClNO5. The van der Waals surface area contributed by atoms with Crippen LogP contribution in [0.2, 0.25) is 5.02 Å². The zero-order chi connectivity index (χ0) is 19.9. The average Bonchev–Trinajstić information content (AvgIpc) is 3.07. The van der Waals surface area contributed by atoms with Crippen LogP contribution in [0.5, 0.6) is 0 Å². The Balaban J connectivity index is 1.53. The Morgan fingerprint density at radius 1 is 1.11 bits per heavy atom. The Morgan fingerprint density at radius 3 is 2.61 bits per heavy atom. The van der Waals surface area contributed by atoms with E-state index in [2.05, 4.69) is 5.32 Å². The number of hydrogen-bond donors (Lipinski definition) is 1. The highest BCUT2D eigenvalue weighted by Gasteiger charge is 2.22. The van der Waals surface area contributed by atoms with Crippen molar-refractivity contribution in [2.75, 3.05) is 20.3 Å². The van der Waals surface area contributed by atoms with E-state index in [1.165, 1.54) is 7.11 Å². The maximum atomic E-state index is 12.4. The number of benzene rings is 2. The monoisotopic (exact) mass is 401 g/mol. The molecule has 0 spiro atoms. The summed E-state index contributed by atoms with van der Waals surface area (Å²) in [6.07, 6.45) is 0.651. The summed E-state index contributed by atoms with van der Waals surface area (Å²) in [6, 6.07) is 14.6. The fraction of sp³-hybridized carbons (Fsp3) is 0.238. The lowest BCUT2D eigenvalue weighted by molar-refractivity contribution is -0.124. The van der Waals surface area contributed by atoms with E-state index in [0.29, 0.717) is 29.1 Å². The van der Waals surface area contributed by atoms with E-state index in [1.807, 2.05) is 30.3 Å². The number of ether oxygens (including phenoxy) is 2. The van der Waals surface area contributed by atoms with Crippen molar-refractivity contribution in [3.8, 4) is 0 Å². The van der Waals surface area contributed by atoms with E-state index < -0.39 is 5.97 Å². The molecule has 6 nitrogen and oxygen atoms in total. The van der Waals surface area contributed by atoms with Crippen LogP contribution in [-0.2, 0) is 27.3 Å². The van der Waals surface area contributed by atoms with Crippen molar-refractivity contribution in [1.82, 2.24) is 5.32 Å². The zero-order valence-corrected chi connectivity index (χ0v) is 16.1. The maximum Gasteiger partial charge on any atom is 0.375 e. The molecule has 2 aromatic carbocycles. The van der Waals surface area contributed by atoms with Crippen LogP contribution < -0.4 is 5.32 Å². The molecule has 7 heteroatoms. The van der Waals surface area contributed by atoms with Crippen LogP contribution in [0.1, 0.15) is 21.7 Å². The second-order valence-electron chi connectivity index (χ2n) is 6.14. The lowest BCUT2D eigenvalue weighted by atomic mass is 10.1. The molecule has 0 fully saturated rings. The third-order valence-electron chi connectivity index (χ3n) is 4.16. The molecule has 146 valence electrons. The van der Waals surface area contributed by atoms with Crippen molar-refractivity contribution in [3.63, 3.8) is 0 Å².